The fraction of sp³-hybridized carbons (Fsp3) is 0.538. The Labute approximate surface area is 90.9 Å². The molecule has 15 heavy (non-hydrogen) atoms. The first-order valence-corrected chi connectivity index (χ1v) is 5.75. The van der Waals surface area contributed by atoms with Crippen molar-refractivity contribution in [1.29, 1.82) is 0 Å². The van der Waals surface area contributed by atoms with Gasteiger partial charge in [-0.05, 0) is 49.8 Å². The van der Waals surface area contributed by atoms with Gasteiger partial charge in [-0.1, -0.05) is 12.1 Å². The average molecular weight is 206 g/mol. The van der Waals surface area contributed by atoms with Crippen LogP contribution in [0.4, 0.5) is 0 Å². The molecule has 82 valence electrons. The predicted molar refractivity (Wildman–Crippen MR) is 60.1 cm³/mol. The van der Waals surface area contributed by atoms with Gasteiger partial charge in [0.25, 0.3) is 0 Å². The molecule has 0 bridgehead atoms. The van der Waals surface area contributed by atoms with E-state index in [-0.39, 0.29) is 6.61 Å². The molecule has 0 aromatic heterocycles. The monoisotopic (exact) mass is 206 g/mol. The van der Waals surface area contributed by atoms with Crippen molar-refractivity contribution in [3.63, 3.8) is 0 Å². The maximum atomic E-state index is 8.76. The van der Waals surface area contributed by atoms with Gasteiger partial charge in [-0.2, -0.15) is 0 Å². The normalized spacial score (nSPS) is 16.1. The van der Waals surface area contributed by atoms with Crippen LogP contribution in [0.3, 0.4) is 0 Å². The van der Waals surface area contributed by atoms with Gasteiger partial charge in [-0.3, -0.25) is 0 Å². The minimum Gasteiger partial charge on any atom is -0.490 e. The molecule has 1 fully saturated rings. The van der Waals surface area contributed by atoms with Crippen LogP contribution in [0.25, 0.3) is 0 Å². The van der Waals surface area contributed by atoms with E-state index in [0.29, 0.717) is 6.10 Å². The van der Waals surface area contributed by atoms with E-state index < -0.39 is 0 Å². The molecule has 0 spiro atoms. The number of ether oxygens (including phenoxy) is 1. The van der Waals surface area contributed by atoms with Crippen molar-refractivity contribution in [2.45, 2.75) is 38.2 Å². The third-order valence-electron chi connectivity index (χ3n) is 2.88. The quantitative estimate of drug-likeness (QED) is 0.802. The molecular weight excluding hydrogens is 188 g/mol. The van der Waals surface area contributed by atoms with Gasteiger partial charge in [0.1, 0.15) is 5.75 Å². The van der Waals surface area contributed by atoms with Gasteiger partial charge in [-0.25, -0.2) is 0 Å². The van der Waals surface area contributed by atoms with Crippen molar-refractivity contribution >= 4 is 0 Å². The van der Waals surface area contributed by atoms with Crippen LogP contribution in [0, 0.1) is 0 Å². The second-order valence-corrected chi connectivity index (χ2v) is 4.15. The van der Waals surface area contributed by atoms with Gasteiger partial charge in [0.2, 0.25) is 0 Å². The van der Waals surface area contributed by atoms with Crippen LogP contribution < -0.4 is 4.74 Å². The zero-order chi connectivity index (χ0) is 10.5. The molecule has 1 aromatic rings. The van der Waals surface area contributed by atoms with Crippen LogP contribution in [0.15, 0.2) is 24.3 Å². The van der Waals surface area contributed by atoms with Crippen LogP contribution in [-0.4, -0.2) is 17.8 Å². The molecule has 2 heteroatoms. The standard InChI is InChI=1S/C13H18O2/c14-9-3-5-11-4-1-8-13(10-11)15-12-6-2-7-12/h1,4,8,10,12,14H,2-3,5-7,9H2. The first-order chi connectivity index (χ1) is 7.38. The predicted octanol–water partition coefficient (Wildman–Crippen LogP) is 2.54. The third-order valence-corrected chi connectivity index (χ3v) is 2.88. The van der Waals surface area contributed by atoms with Crippen molar-refractivity contribution in [2.24, 2.45) is 0 Å². The lowest BCUT2D eigenvalue weighted by Gasteiger charge is -2.26. The smallest absolute Gasteiger partial charge is 0.119 e. The van der Waals surface area contributed by atoms with E-state index in [4.69, 9.17) is 9.84 Å². The Hall–Kier alpha value is -1.02. The zero-order valence-corrected chi connectivity index (χ0v) is 8.98. The molecule has 0 aliphatic heterocycles. The minimum absolute atomic E-state index is 0.258. The summed E-state index contributed by atoms with van der Waals surface area (Å²) in [5, 5.41) is 8.76. The lowest BCUT2D eigenvalue weighted by atomic mass is 9.96. The molecule has 0 saturated heterocycles. The van der Waals surface area contributed by atoms with E-state index in [1.807, 2.05) is 12.1 Å². The molecule has 1 N–H and O–H groups in total. The van der Waals surface area contributed by atoms with Gasteiger partial charge in [0.05, 0.1) is 6.10 Å². The molecule has 0 heterocycles. The molecule has 0 amide bonds. The van der Waals surface area contributed by atoms with Crippen LogP contribution in [-0.2, 0) is 6.42 Å². The van der Waals surface area contributed by atoms with Gasteiger partial charge in [-0.15, -0.1) is 0 Å². The zero-order valence-electron chi connectivity index (χ0n) is 8.98. The third kappa shape index (κ3) is 2.96. The molecule has 2 nitrogen and oxygen atoms in total. The second kappa shape index (κ2) is 5.17. The van der Waals surface area contributed by atoms with Gasteiger partial charge < -0.3 is 9.84 Å². The molecule has 1 aliphatic rings. The Morgan fingerprint density at radius 1 is 1.33 bits per heavy atom. The van der Waals surface area contributed by atoms with Crippen molar-refractivity contribution < 1.29 is 9.84 Å². The largest absolute Gasteiger partial charge is 0.490 e. The van der Waals surface area contributed by atoms with Crippen LogP contribution in [0.1, 0.15) is 31.2 Å². The Morgan fingerprint density at radius 3 is 2.87 bits per heavy atom. The highest BCUT2D eigenvalue weighted by Gasteiger charge is 2.18. The Balaban J connectivity index is 1.92. The van der Waals surface area contributed by atoms with Gasteiger partial charge >= 0.3 is 0 Å². The van der Waals surface area contributed by atoms with E-state index in [1.54, 1.807) is 0 Å². The highest BCUT2D eigenvalue weighted by atomic mass is 16.5. The molecule has 0 radical (unpaired) electrons. The number of aliphatic hydroxyl groups is 1. The lowest BCUT2D eigenvalue weighted by Crippen LogP contribution is -2.24. The van der Waals surface area contributed by atoms with E-state index in [0.717, 1.165) is 18.6 Å². The maximum absolute atomic E-state index is 8.76. The summed E-state index contributed by atoms with van der Waals surface area (Å²) in [5.41, 5.74) is 1.25. The fourth-order valence-corrected chi connectivity index (χ4v) is 1.74. The maximum Gasteiger partial charge on any atom is 0.119 e. The fourth-order valence-electron chi connectivity index (χ4n) is 1.74. The van der Waals surface area contributed by atoms with E-state index in [2.05, 4.69) is 12.1 Å². The summed E-state index contributed by atoms with van der Waals surface area (Å²) >= 11 is 0. The molecule has 1 aromatic carbocycles. The Kier molecular flexibility index (Phi) is 3.62. The van der Waals surface area contributed by atoms with E-state index >= 15 is 0 Å². The number of benzene rings is 1. The minimum atomic E-state index is 0.258. The summed E-state index contributed by atoms with van der Waals surface area (Å²) in [6.45, 7) is 0.258. The van der Waals surface area contributed by atoms with Crippen LogP contribution in [0.5, 0.6) is 5.75 Å². The summed E-state index contributed by atoms with van der Waals surface area (Å²) < 4.78 is 5.81. The van der Waals surface area contributed by atoms with Crippen molar-refractivity contribution in [2.75, 3.05) is 6.61 Å². The average Bonchev–Trinajstić information content (AvgIpc) is 2.21. The summed E-state index contributed by atoms with van der Waals surface area (Å²) in [6.07, 6.45) is 5.89. The van der Waals surface area contributed by atoms with Crippen molar-refractivity contribution in [3.05, 3.63) is 29.8 Å². The SMILES string of the molecule is OCCCc1cccc(OC2CCC2)c1. The molecule has 0 unspecified atom stereocenters. The summed E-state index contributed by atoms with van der Waals surface area (Å²) in [5.74, 6) is 0.982. The molecule has 1 aliphatic carbocycles. The first-order valence-electron chi connectivity index (χ1n) is 5.75. The Morgan fingerprint density at radius 2 is 2.20 bits per heavy atom. The molecule has 2 rings (SSSR count). The van der Waals surface area contributed by atoms with E-state index in [9.17, 15) is 0 Å². The van der Waals surface area contributed by atoms with E-state index in [1.165, 1.54) is 24.8 Å². The Bertz CT molecular complexity index is 305. The number of aliphatic hydroxyl groups excluding tert-OH is 1. The van der Waals surface area contributed by atoms with Crippen LogP contribution in [0.2, 0.25) is 0 Å². The van der Waals surface area contributed by atoms with Crippen molar-refractivity contribution in [3.8, 4) is 5.75 Å². The highest BCUT2D eigenvalue weighted by Crippen LogP contribution is 2.25. The van der Waals surface area contributed by atoms with Gasteiger partial charge in [0.15, 0.2) is 0 Å². The summed E-state index contributed by atoms with van der Waals surface area (Å²) in [6, 6.07) is 8.22. The molecular formula is C13H18O2. The second-order valence-electron chi connectivity index (χ2n) is 4.15. The lowest BCUT2D eigenvalue weighted by molar-refractivity contribution is 0.120. The molecule has 0 atom stereocenters. The van der Waals surface area contributed by atoms with Gasteiger partial charge in [0, 0.05) is 6.61 Å². The topological polar surface area (TPSA) is 29.5 Å². The number of rotatable bonds is 5. The van der Waals surface area contributed by atoms with Crippen LogP contribution >= 0.6 is 0 Å². The summed E-state index contributed by atoms with van der Waals surface area (Å²) in [7, 11) is 0. The van der Waals surface area contributed by atoms with Crippen molar-refractivity contribution in [1.82, 2.24) is 0 Å². The molecule has 1 saturated carbocycles. The number of aryl methyl sites for hydroxylation is 1. The summed E-state index contributed by atoms with van der Waals surface area (Å²) in [4.78, 5) is 0. The first kappa shape index (κ1) is 10.5. The highest BCUT2D eigenvalue weighted by molar-refractivity contribution is 5.28. The number of hydrogen-bond donors (Lipinski definition) is 1. The number of hydrogen-bond acceptors (Lipinski definition) is 2.